The summed E-state index contributed by atoms with van der Waals surface area (Å²) in [6.45, 7) is 5.99. The third-order valence-corrected chi connectivity index (χ3v) is 4.62. The maximum atomic E-state index is 12.0. The Bertz CT molecular complexity index is 928. The number of nitrogens with one attached hydrogen (secondary N) is 3. The zero-order valence-electron chi connectivity index (χ0n) is 19.4. The molecule has 0 aromatic heterocycles. The summed E-state index contributed by atoms with van der Waals surface area (Å²) >= 11 is 0. The quantitative estimate of drug-likeness (QED) is 0.368. The predicted molar refractivity (Wildman–Crippen MR) is 126 cm³/mol. The molecule has 0 fully saturated rings. The second kappa shape index (κ2) is 12.1. The van der Waals surface area contributed by atoms with E-state index in [1.807, 2.05) is 24.3 Å². The van der Waals surface area contributed by atoms with E-state index < -0.39 is 29.9 Å². The molecule has 2 amide bonds. The molecule has 5 N–H and O–H groups in total. The number of rotatable bonds is 10. The van der Waals surface area contributed by atoms with Crippen LogP contribution in [0.2, 0.25) is 0 Å². The lowest BCUT2D eigenvalue weighted by Gasteiger charge is -2.24. The Morgan fingerprint density at radius 2 is 1.76 bits per heavy atom. The molecule has 2 aromatic carbocycles. The summed E-state index contributed by atoms with van der Waals surface area (Å²) in [5.41, 5.74) is 1.61. The fourth-order valence-corrected chi connectivity index (χ4v) is 3.18. The summed E-state index contributed by atoms with van der Waals surface area (Å²) in [5, 5.41) is 28.0. The number of carboxylic acid groups (broad SMARTS) is 1. The monoisotopic (exact) mass is 459 g/mol. The minimum Gasteiger partial charge on any atom is -0.497 e. The summed E-state index contributed by atoms with van der Waals surface area (Å²) in [6.07, 6.45) is -2.55. The molecule has 0 heterocycles. The standard InChI is InChI=1S/C24H33N3O6/c1-24(2,3)33-23(31)26-18-9-5-7-16(11-18)13-20(27-22(29)30)21(28)15-25-14-17-8-6-10-19(12-17)32-4/h5-12,20-21,25,27-28H,13-15H2,1-4H3,(H,26,31)(H,29,30)/t20-,21-/m0/s1. The highest BCUT2D eigenvalue weighted by molar-refractivity contribution is 5.84. The van der Waals surface area contributed by atoms with E-state index in [0.717, 1.165) is 16.9 Å². The van der Waals surface area contributed by atoms with Gasteiger partial charge in [0, 0.05) is 18.8 Å². The van der Waals surface area contributed by atoms with Crippen molar-refractivity contribution in [1.29, 1.82) is 0 Å². The largest absolute Gasteiger partial charge is 0.497 e. The van der Waals surface area contributed by atoms with Crippen molar-refractivity contribution in [1.82, 2.24) is 10.6 Å². The number of hydrogen-bond donors (Lipinski definition) is 5. The number of anilines is 1. The zero-order valence-corrected chi connectivity index (χ0v) is 19.4. The van der Waals surface area contributed by atoms with Gasteiger partial charge in [-0.3, -0.25) is 5.32 Å². The molecule has 180 valence electrons. The van der Waals surface area contributed by atoms with Crippen LogP contribution in [0.15, 0.2) is 48.5 Å². The van der Waals surface area contributed by atoms with Gasteiger partial charge in [0.15, 0.2) is 0 Å². The first-order valence-electron chi connectivity index (χ1n) is 10.7. The molecule has 0 aliphatic carbocycles. The van der Waals surface area contributed by atoms with Gasteiger partial charge in [0.25, 0.3) is 0 Å². The number of aliphatic hydroxyl groups is 1. The lowest BCUT2D eigenvalue weighted by atomic mass is 10.0. The molecule has 0 bridgehead atoms. The van der Waals surface area contributed by atoms with Crippen LogP contribution >= 0.6 is 0 Å². The van der Waals surface area contributed by atoms with Crippen LogP contribution in [0, 0.1) is 0 Å². The highest BCUT2D eigenvalue weighted by Crippen LogP contribution is 2.16. The highest BCUT2D eigenvalue weighted by Gasteiger charge is 2.22. The van der Waals surface area contributed by atoms with Gasteiger partial charge in [0.2, 0.25) is 0 Å². The summed E-state index contributed by atoms with van der Waals surface area (Å²) in [6, 6.07) is 13.7. The molecule has 9 nitrogen and oxygen atoms in total. The van der Waals surface area contributed by atoms with E-state index in [-0.39, 0.29) is 13.0 Å². The summed E-state index contributed by atoms with van der Waals surface area (Å²) in [7, 11) is 1.59. The van der Waals surface area contributed by atoms with Gasteiger partial charge in [-0.1, -0.05) is 24.3 Å². The third-order valence-electron chi connectivity index (χ3n) is 4.62. The normalized spacial score (nSPS) is 13.0. The van der Waals surface area contributed by atoms with E-state index in [1.165, 1.54) is 0 Å². The summed E-state index contributed by atoms with van der Waals surface area (Å²) in [5.74, 6) is 0.736. The predicted octanol–water partition coefficient (Wildman–Crippen LogP) is 3.37. The number of ether oxygens (including phenoxy) is 2. The van der Waals surface area contributed by atoms with Gasteiger partial charge >= 0.3 is 12.2 Å². The molecule has 0 saturated carbocycles. The van der Waals surface area contributed by atoms with Crippen molar-refractivity contribution in [2.45, 2.75) is 51.5 Å². The summed E-state index contributed by atoms with van der Waals surface area (Å²) < 4.78 is 10.5. The van der Waals surface area contributed by atoms with Gasteiger partial charge in [0.1, 0.15) is 11.4 Å². The average Bonchev–Trinajstić information content (AvgIpc) is 2.72. The van der Waals surface area contributed by atoms with Crippen molar-refractivity contribution < 1.29 is 29.3 Å². The van der Waals surface area contributed by atoms with Gasteiger partial charge in [-0.05, 0) is 62.6 Å². The molecule has 2 rings (SSSR count). The minimum absolute atomic E-state index is 0.179. The lowest BCUT2D eigenvalue weighted by Crippen LogP contribution is -2.48. The average molecular weight is 460 g/mol. The van der Waals surface area contributed by atoms with E-state index in [0.29, 0.717) is 12.2 Å². The van der Waals surface area contributed by atoms with Crippen LogP contribution in [0.5, 0.6) is 5.75 Å². The number of hydrogen-bond acceptors (Lipinski definition) is 6. The number of aliphatic hydroxyl groups excluding tert-OH is 1. The van der Waals surface area contributed by atoms with Crippen LogP contribution in [-0.4, -0.2) is 53.8 Å². The van der Waals surface area contributed by atoms with Gasteiger partial charge in [-0.15, -0.1) is 0 Å². The van der Waals surface area contributed by atoms with Crippen LogP contribution < -0.4 is 20.7 Å². The van der Waals surface area contributed by atoms with Crippen LogP contribution in [-0.2, 0) is 17.7 Å². The smallest absolute Gasteiger partial charge is 0.412 e. The van der Waals surface area contributed by atoms with Crippen LogP contribution in [0.4, 0.5) is 15.3 Å². The first-order valence-corrected chi connectivity index (χ1v) is 10.7. The fourth-order valence-electron chi connectivity index (χ4n) is 3.18. The minimum atomic E-state index is -1.23. The van der Waals surface area contributed by atoms with Crippen molar-refractivity contribution in [3.63, 3.8) is 0 Å². The molecule has 9 heteroatoms. The molecule has 0 saturated heterocycles. The highest BCUT2D eigenvalue weighted by atomic mass is 16.6. The number of methoxy groups -OCH3 is 1. The molecule has 2 aromatic rings. The maximum Gasteiger partial charge on any atom is 0.412 e. The SMILES string of the molecule is COc1cccc(CNC[C@H](O)[C@H](Cc2cccc(NC(=O)OC(C)(C)C)c2)NC(=O)O)c1. The number of carbonyl (C=O) groups is 2. The number of carbonyl (C=O) groups excluding carboxylic acids is 1. The Kier molecular flexibility index (Phi) is 9.50. The van der Waals surface area contributed by atoms with E-state index in [2.05, 4.69) is 16.0 Å². The van der Waals surface area contributed by atoms with Crippen molar-refractivity contribution in [3.05, 3.63) is 59.7 Å². The van der Waals surface area contributed by atoms with Gasteiger partial charge in [0.05, 0.1) is 19.3 Å². The Balaban J connectivity index is 1.98. The van der Waals surface area contributed by atoms with Crippen LogP contribution in [0.1, 0.15) is 31.9 Å². The second-order valence-corrected chi connectivity index (χ2v) is 8.64. The van der Waals surface area contributed by atoms with E-state index in [1.54, 1.807) is 52.1 Å². The molecule has 2 atom stereocenters. The number of amides is 2. The molecule has 0 spiro atoms. The van der Waals surface area contributed by atoms with E-state index >= 15 is 0 Å². The third kappa shape index (κ3) is 9.80. The fraction of sp³-hybridized carbons (Fsp3) is 0.417. The van der Waals surface area contributed by atoms with E-state index in [4.69, 9.17) is 9.47 Å². The molecule has 0 aliphatic heterocycles. The summed E-state index contributed by atoms with van der Waals surface area (Å²) in [4.78, 5) is 23.3. The van der Waals surface area contributed by atoms with Crippen molar-refractivity contribution >= 4 is 17.9 Å². The number of benzene rings is 2. The Labute approximate surface area is 194 Å². The van der Waals surface area contributed by atoms with Gasteiger partial charge in [-0.25, -0.2) is 9.59 Å². The van der Waals surface area contributed by atoms with E-state index in [9.17, 15) is 19.8 Å². The van der Waals surface area contributed by atoms with Gasteiger partial charge < -0.3 is 30.3 Å². The first kappa shape index (κ1) is 26.0. The van der Waals surface area contributed by atoms with Crippen LogP contribution in [0.3, 0.4) is 0 Å². The molecular weight excluding hydrogens is 426 g/mol. The Morgan fingerprint density at radius 3 is 2.42 bits per heavy atom. The second-order valence-electron chi connectivity index (χ2n) is 8.64. The lowest BCUT2D eigenvalue weighted by molar-refractivity contribution is 0.0636. The van der Waals surface area contributed by atoms with Crippen LogP contribution in [0.25, 0.3) is 0 Å². The topological polar surface area (TPSA) is 129 Å². The maximum absolute atomic E-state index is 12.0. The Morgan fingerprint density at radius 1 is 1.06 bits per heavy atom. The van der Waals surface area contributed by atoms with Crippen molar-refractivity contribution in [2.24, 2.45) is 0 Å². The molecule has 0 unspecified atom stereocenters. The molecule has 33 heavy (non-hydrogen) atoms. The molecule has 0 aliphatic rings. The zero-order chi connectivity index (χ0) is 24.4. The molecule has 0 radical (unpaired) electrons. The van der Waals surface area contributed by atoms with Crippen molar-refractivity contribution in [3.8, 4) is 5.75 Å². The Hall–Kier alpha value is -3.30. The van der Waals surface area contributed by atoms with Crippen molar-refractivity contribution in [2.75, 3.05) is 19.0 Å². The van der Waals surface area contributed by atoms with Gasteiger partial charge in [-0.2, -0.15) is 0 Å². The first-order chi connectivity index (χ1) is 15.6. The molecular formula is C24H33N3O6.